The standard InChI is InChI=1S/C16H22N2O3S/c19-22(20)16-4-2-1-3-15(16)21-14-8-10-17-9-7-13(14)18(22)11-12-5-6-12/h1-4,12-14,17H,5-11H2/t13-,14-/m1/s1. The molecule has 6 heteroatoms. The van der Waals surface area contributed by atoms with Crippen LogP contribution in [-0.2, 0) is 10.0 Å². The Labute approximate surface area is 131 Å². The zero-order valence-electron chi connectivity index (χ0n) is 12.6. The summed E-state index contributed by atoms with van der Waals surface area (Å²) in [6.07, 6.45) is 3.88. The van der Waals surface area contributed by atoms with Gasteiger partial charge in [-0.25, -0.2) is 8.42 Å². The number of para-hydroxylation sites is 1. The molecule has 1 saturated carbocycles. The minimum absolute atomic E-state index is 0.0620. The van der Waals surface area contributed by atoms with E-state index in [4.69, 9.17) is 4.74 Å². The normalized spacial score (nSPS) is 31.3. The van der Waals surface area contributed by atoms with Gasteiger partial charge in [-0.2, -0.15) is 4.31 Å². The second-order valence-electron chi connectivity index (χ2n) is 6.52. The summed E-state index contributed by atoms with van der Waals surface area (Å²) in [6, 6.07) is 7.01. The monoisotopic (exact) mass is 322 g/mol. The highest BCUT2D eigenvalue weighted by molar-refractivity contribution is 7.89. The van der Waals surface area contributed by atoms with E-state index in [-0.39, 0.29) is 12.1 Å². The molecule has 1 aromatic carbocycles. The first-order chi connectivity index (χ1) is 10.7. The number of nitrogens with zero attached hydrogens (tertiary/aromatic N) is 1. The first-order valence-corrected chi connectivity index (χ1v) is 9.58. The lowest BCUT2D eigenvalue weighted by Gasteiger charge is -2.31. The molecule has 0 radical (unpaired) electrons. The van der Waals surface area contributed by atoms with Gasteiger partial charge in [-0.1, -0.05) is 12.1 Å². The molecule has 2 aliphatic heterocycles. The van der Waals surface area contributed by atoms with Gasteiger partial charge in [0.25, 0.3) is 0 Å². The van der Waals surface area contributed by atoms with Gasteiger partial charge in [-0.05, 0) is 56.8 Å². The molecule has 0 aromatic heterocycles. The summed E-state index contributed by atoms with van der Waals surface area (Å²) in [7, 11) is -3.48. The summed E-state index contributed by atoms with van der Waals surface area (Å²) in [5, 5.41) is 3.36. The van der Waals surface area contributed by atoms with Crippen LogP contribution in [0.25, 0.3) is 0 Å². The van der Waals surface area contributed by atoms with Gasteiger partial charge < -0.3 is 10.1 Å². The van der Waals surface area contributed by atoms with Gasteiger partial charge in [0.15, 0.2) is 0 Å². The van der Waals surface area contributed by atoms with E-state index >= 15 is 0 Å². The number of sulfonamides is 1. The van der Waals surface area contributed by atoms with Crippen LogP contribution < -0.4 is 10.1 Å². The van der Waals surface area contributed by atoms with Gasteiger partial charge >= 0.3 is 0 Å². The summed E-state index contributed by atoms with van der Waals surface area (Å²) in [6.45, 7) is 2.36. The molecule has 3 aliphatic rings. The van der Waals surface area contributed by atoms with Crippen molar-refractivity contribution >= 4 is 10.0 Å². The fourth-order valence-electron chi connectivity index (χ4n) is 3.48. The van der Waals surface area contributed by atoms with Crippen LogP contribution in [0, 0.1) is 5.92 Å². The quantitative estimate of drug-likeness (QED) is 0.898. The minimum atomic E-state index is -3.48. The highest BCUT2D eigenvalue weighted by atomic mass is 32.2. The van der Waals surface area contributed by atoms with Crippen molar-refractivity contribution in [2.75, 3.05) is 19.6 Å². The molecule has 0 spiro atoms. The Bertz CT molecular complexity index is 657. The summed E-state index contributed by atoms with van der Waals surface area (Å²) < 4.78 is 34.3. The summed E-state index contributed by atoms with van der Waals surface area (Å²) in [5.41, 5.74) is 0. The first kappa shape index (κ1) is 14.5. The highest BCUT2D eigenvalue weighted by Gasteiger charge is 2.44. The van der Waals surface area contributed by atoms with E-state index in [9.17, 15) is 8.42 Å². The fraction of sp³-hybridized carbons (Fsp3) is 0.625. The first-order valence-electron chi connectivity index (χ1n) is 8.14. The Kier molecular flexibility index (Phi) is 3.63. The van der Waals surface area contributed by atoms with Crippen molar-refractivity contribution in [2.24, 2.45) is 5.92 Å². The molecule has 1 saturated heterocycles. The average Bonchev–Trinajstić information content (AvgIpc) is 3.32. The molecule has 1 N–H and O–H groups in total. The average molecular weight is 322 g/mol. The lowest BCUT2D eigenvalue weighted by Crippen LogP contribution is -2.48. The molecule has 4 rings (SSSR count). The third kappa shape index (κ3) is 2.53. The molecule has 120 valence electrons. The van der Waals surface area contributed by atoms with Crippen molar-refractivity contribution in [3.05, 3.63) is 24.3 Å². The molecule has 2 atom stereocenters. The summed E-state index contributed by atoms with van der Waals surface area (Å²) in [5.74, 6) is 1.04. The number of fused-ring (bicyclic) bond motifs is 2. The minimum Gasteiger partial charge on any atom is -0.487 e. The summed E-state index contributed by atoms with van der Waals surface area (Å²) >= 11 is 0. The Hall–Kier alpha value is -1.11. The molecular weight excluding hydrogens is 300 g/mol. The Balaban J connectivity index is 1.80. The zero-order chi connectivity index (χ0) is 15.2. The lowest BCUT2D eigenvalue weighted by molar-refractivity contribution is 0.111. The largest absolute Gasteiger partial charge is 0.487 e. The third-order valence-electron chi connectivity index (χ3n) is 4.87. The second-order valence-corrected chi connectivity index (χ2v) is 8.37. The van der Waals surface area contributed by atoms with E-state index in [1.807, 2.05) is 6.07 Å². The van der Waals surface area contributed by atoms with E-state index in [2.05, 4.69) is 5.32 Å². The van der Waals surface area contributed by atoms with Gasteiger partial charge in [0.1, 0.15) is 16.7 Å². The summed E-state index contributed by atoms with van der Waals surface area (Å²) in [4.78, 5) is 0.330. The van der Waals surface area contributed by atoms with Crippen molar-refractivity contribution in [3.63, 3.8) is 0 Å². The predicted octanol–water partition coefficient (Wildman–Crippen LogP) is 1.60. The van der Waals surface area contributed by atoms with Crippen LogP contribution >= 0.6 is 0 Å². The maximum atomic E-state index is 13.2. The van der Waals surface area contributed by atoms with Crippen LogP contribution in [0.5, 0.6) is 5.75 Å². The number of hydrogen-bond donors (Lipinski definition) is 1. The smallest absolute Gasteiger partial charge is 0.247 e. The number of benzene rings is 1. The van der Waals surface area contributed by atoms with Crippen LogP contribution in [0.2, 0.25) is 0 Å². The van der Waals surface area contributed by atoms with Crippen molar-refractivity contribution in [1.82, 2.24) is 9.62 Å². The maximum Gasteiger partial charge on any atom is 0.247 e. The molecule has 22 heavy (non-hydrogen) atoms. The second kappa shape index (κ2) is 5.51. The molecule has 2 heterocycles. The van der Waals surface area contributed by atoms with Gasteiger partial charge in [0.2, 0.25) is 10.0 Å². The van der Waals surface area contributed by atoms with E-state index in [1.165, 1.54) is 0 Å². The van der Waals surface area contributed by atoms with Gasteiger partial charge in [0, 0.05) is 6.54 Å². The number of nitrogens with one attached hydrogen (secondary N) is 1. The molecule has 0 amide bonds. The SMILES string of the molecule is O=S1(=O)c2ccccc2O[C@@H]2CCNCC[C@H]2N1CC1CC1. The molecule has 1 aliphatic carbocycles. The Morgan fingerprint density at radius 3 is 2.73 bits per heavy atom. The molecular formula is C16H22N2O3S. The molecule has 5 nitrogen and oxygen atoms in total. The van der Waals surface area contributed by atoms with Crippen molar-refractivity contribution in [2.45, 2.75) is 42.7 Å². The van der Waals surface area contributed by atoms with E-state index < -0.39 is 10.0 Å². The lowest BCUT2D eigenvalue weighted by atomic mass is 10.1. The van der Waals surface area contributed by atoms with E-state index in [1.54, 1.807) is 22.5 Å². The number of hydrogen-bond acceptors (Lipinski definition) is 4. The van der Waals surface area contributed by atoms with Crippen molar-refractivity contribution in [3.8, 4) is 5.75 Å². The fourth-order valence-corrected chi connectivity index (χ4v) is 5.36. The Morgan fingerprint density at radius 1 is 1.14 bits per heavy atom. The van der Waals surface area contributed by atoms with Crippen molar-refractivity contribution in [1.29, 1.82) is 0 Å². The van der Waals surface area contributed by atoms with Crippen LogP contribution in [0.4, 0.5) is 0 Å². The van der Waals surface area contributed by atoms with Crippen molar-refractivity contribution < 1.29 is 13.2 Å². The number of ether oxygens (including phenoxy) is 1. The molecule has 0 bridgehead atoms. The van der Waals surface area contributed by atoms with Crippen LogP contribution in [0.1, 0.15) is 25.7 Å². The molecule has 0 unspecified atom stereocenters. The van der Waals surface area contributed by atoms with Gasteiger partial charge in [-0.15, -0.1) is 0 Å². The number of rotatable bonds is 2. The van der Waals surface area contributed by atoms with Crippen LogP contribution in [0.3, 0.4) is 0 Å². The Morgan fingerprint density at radius 2 is 1.91 bits per heavy atom. The topological polar surface area (TPSA) is 58.6 Å². The highest BCUT2D eigenvalue weighted by Crippen LogP contribution is 2.39. The van der Waals surface area contributed by atoms with Crippen LogP contribution in [0.15, 0.2) is 29.2 Å². The molecule has 1 aromatic rings. The van der Waals surface area contributed by atoms with E-state index in [0.29, 0.717) is 23.1 Å². The zero-order valence-corrected chi connectivity index (χ0v) is 13.4. The predicted molar refractivity (Wildman–Crippen MR) is 83.4 cm³/mol. The maximum absolute atomic E-state index is 13.2. The van der Waals surface area contributed by atoms with Gasteiger partial charge in [0.05, 0.1) is 6.04 Å². The van der Waals surface area contributed by atoms with Crippen LogP contribution in [-0.4, -0.2) is 44.5 Å². The van der Waals surface area contributed by atoms with Gasteiger partial charge in [-0.3, -0.25) is 0 Å². The van der Waals surface area contributed by atoms with E-state index in [0.717, 1.165) is 38.8 Å². The molecule has 2 fully saturated rings. The third-order valence-corrected chi connectivity index (χ3v) is 6.80.